The molecule has 0 radical (unpaired) electrons. The van der Waals surface area contributed by atoms with Crippen LogP contribution >= 0.6 is 23.2 Å². The molecule has 3 nitrogen and oxygen atoms in total. The summed E-state index contributed by atoms with van der Waals surface area (Å²) in [5.74, 6) is 0. The van der Waals surface area contributed by atoms with E-state index in [-0.39, 0.29) is 0 Å². The third kappa shape index (κ3) is 2.63. The highest BCUT2D eigenvalue weighted by atomic mass is 35.5. The van der Waals surface area contributed by atoms with Crippen molar-refractivity contribution in [1.82, 2.24) is 9.78 Å². The molecule has 2 aromatic rings. The van der Waals surface area contributed by atoms with Gasteiger partial charge in [0, 0.05) is 33.9 Å². The molecule has 2 rings (SSSR count). The van der Waals surface area contributed by atoms with Gasteiger partial charge in [0.25, 0.3) is 0 Å². The third-order valence-corrected chi connectivity index (χ3v) is 3.36. The van der Waals surface area contributed by atoms with Crippen LogP contribution in [0.25, 0.3) is 0 Å². The molecule has 0 saturated carbocycles. The Hall–Kier alpha value is -1.03. The predicted octanol–water partition coefficient (Wildman–Crippen LogP) is 3.01. The number of rotatable bonds is 3. The topological polar surface area (TPSA) is 43.8 Å². The van der Waals surface area contributed by atoms with Crippen LogP contribution in [-0.4, -0.2) is 9.78 Å². The Balaban J connectivity index is 2.31. The number of nitrogens with two attached hydrogens (primary N) is 1. The van der Waals surface area contributed by atoms with Crippen molar-refractivity contribution >= 4 is 23.2 Å². The van der Waals surface area contributed by atoms with Gasteiger partial charge in [-0.15, -0.1) is 0 Å². The minimum Gasteiger partial charge on any atom is -0.326 e. The summed E-state index contributed by atoms with van der Waals surface area (Å²) in [5.41, 5.74) is 8.46. The molecule has 5 heteroatoms. The molecular formula is C12H13Cl2N3. The fourth-order valence-electron chi connectivity index (χ4n) is 1.69. The molecule has 1 aromatic heterocycles. The monoisotopic (exact) mass is 269 g/mol. The zero-order valence-electron chi connectivity index (χ0n) is 9.45. The van der Waals surface area contributed by atoms with Crippen LogP contribution in [0.1, 0.15) is 16.8 Å². The largest absolute Gasteiger partial charge is 0.326 e. The van der Waals surface area contributed by atoms with Crippen molar-refractivity contribution in [2.75, 3.05) is 0 Å². The van der Waals surface area contributed by atoms with Crippen molar-refractivity contribution in [3.8, 4) is 0 Å². The van der Waals surface area contributed by atoms with Gasteiger partial charge in [-0.2, -0.15) is 5.10 Å². The Morgan fingerprint density at radius 3 is 2.47 bits per heavy atom. The summed E-state index contributed by atoms with van der Waals surface area (Å²) in [6.07, 6.45) is 1.93. The average molecular weight is 270 g/mol. The number of benzene rings is 1. The Bertz CT molecular complexity index is 514. The van der Waals surface area contributed by atoms with E-state index in [1.54, 1.807) is 0 Å². The number of aryl methyl sites for hydroxylation is 1. The highest BCUT2D eigenvalue weighted by Gasteiger charge is 2.08. The van der Waals surface area contributed by atoms with Gasteiger partial charge in [-0.3, -0.25) is 4.68 Å². The lowest BCUT2D eigenvalue weighted by molar-refractivity contribution is 0.679. The molecule has 0 bridgehead atoms. The van der Waals surface area contributed by atoms with Crippen LogP contribution in [0.2, 0.25) is 10.0 Å². The number of hydrogen-bond acceptors (Lipinski definition) is 2. The Morgan fingerprint density at radius 2 is 1.94 bits per heavy atom. The minimum atomic E-state index is 0.488. The first kappa shape index (κ1) is 12.4. The van der Waals surface area contributed by atoms with Crippen molar-refractivity contribution < 1.29 is 0 Å². The summed E-state index contributed by atoms with van der Waals surface area (Å²) in [7, 11) is 0. The zero-order chi connectivity index (χ0) is 12.4. The second-order valence-electron chi connectivity index (χ2n) is 3.84. The van der Waals surface area contributed by atoms with Crippen molar-refractivity contribution in [3.63, 3.8) is 0 Å². The molecule has 90 valence electrons. The van der Waals surface area contributed by atoms with Crippen molar-refractivity contribution in [3.05, 3.63) is 51.3 Å². The molecule has 0 aliphatic rings. The highest BCUT2D eigenvalue weighted by molar-refractivity contribution is 6.35. The maximum Gasteiger partial charge on any atom is 0.0688 e. The van der Waals surface area contributed by atoms with Crippen LogP contribution in [0.15, 0.2) is 24.4 Å². The van der Waals surface area contributed by atoms with E-state index in [4.69, 9.17) is 28.9 Å². The molecule has 0 aliphatic carbocycles. The number of aromatic nitrogens is 2. The van der Waals surface area contributed by atoms with Crippen LogP contribution in [0.4, 0.5) is 0 Å². The molecule has 1 heterocycles. The van der Waals surface area contributed by atoms with Gasteiger partial charge in [-0.25, -0.2) is 0 Å². The summed E-state index contributed by atoms with van der Waals surface area (Å²) in [4.78, 5) is 0. The summed E-state index contributed by atoms with van der Waals surface area (Å²) >= 11 is 12.2. The normalized spacial score (nSPS) is 10.8. The van der Waals surface area contributed by atoms with Crippen LogP contribution in [0, 0.1) is 6.92 Å². The second kappa shape index (κ2) is 5.08. The zero-order valence-corrected chi connectivity index (χ0v) is 11.0. The van der Waals surface area contributed by atoms with E-state index in [1.807, 2.05) is 36.0 Å². The summed E-state index contributed by atoms with van der Waals surface area (Å²) in [5, 5.41) is 5.68. The van der Waals surface area contributed by atoms with E-state index in [2.05, 4.69) is 5.10 Å². The molecule has 0 aliphatic heterocycles. The molecule has 0 spiro atoms. The Morgan fingerprint density at radius 1 is 1.29 bits per heavy atom. The molecule has 2 N–H and O–H groups in total. The van der Waals surface area contributed by atoms with Gasteiger partial charge in [0.2, 0.25) is 0 Å². The summed E-state index contributed by atoms with van der Waals surface area (Å²) in [6.45, 7) is 2.98. The second-order valence-corrected chi connectivity index (χ2v) is 4.66. The van der Waals surface area contributed by atoms with Gasteiger partial charge < -0.3 is 5.73 Å². The molecular weight excluding hydrogens is 257 g/mol. The quantitative estimate of drug-likeness (QED) is 0.931. The molecule has 1 aromatic carbocycles. The van der Waals surface area contributed by atoms with Crippen LogP contribution in [-0.2, 0) is 13.1 Å². The van der Waals surface area contributed by atoms with E-state index in [9.17, 15) is 0 Å². The molecule has 0 amide bonds. The molecule has 0 fully saturated rings. The van der Waals surface area contributed by atoms with E-state index >= 15 is 0 Å². The van der Waals surface area contributed by atoms with Gasteiger partial charge >= 0.3 is 0 Å². The van der Waals surface area contributed by atoms with Gasteiger partial charge in [-0.1, -0.05) is 29.3 Å². The van der Waals surface area contributed by atoms with E-state index in [1.165, 1.54) is 0 Å². The standard InChI is InChI=1S/C12H13Cl2N3/c1-8-9(5-15)6-17(16-8)7-10-11(13)3-2-4-12(10)14/h2-4,6H,5,7,15H2,1H3. The first-order chi connectivity index (χ1) is 8.11. The van der Waals surface area contributed by atoms with Crippen LogP contribution in [0.5, 0.6) is 0 Å². The molecule has 0 saturated heterocycles. The third-order valence-electron chi connectivity index (χ3n) is 2.65. The summed E-state index contributed by atoms with van der Waals surface area (Å²) < 4.78 is 1.81. The van der Waals surface area contributed by atoms with Gasteiger partial charge in [-0.05, 0) is 19.1 Å². The highest BCUT2D eigenvalue weighted by Crippen LogP contribution is 2.25. The van der Waals surface area contributed by atoms with Gasteiger partial charge in [0.05, 0.1) is 12.2 Å². The number of hydrogen-bond donors (Lipinski definition) is 1. The number of nitrogens with zero attached hydrogens (tertiary/aromatic N) is 2. The van der Waals surface area contributed by atoms with E-state index in [0.717, 1.165) is 16.8 Å². The fourth-order valence-corrected chi connectivity index (χ4v) is 2.20. The van der Waals surface area contributed by atoms with Gasteiger partial charge in [0.1, 0.15) is 0 Å². The van der Waals surface area contributed by atoms with Crippen LogP contribution in [0.3, 0.4) is 0 Å². The Kier molecular flexibility index (Phi) is 3.72. The van der Waals surface area contributed by atoms with Crippen molar-refractivity contribution in [2.24, 2.45) is 5.73 Å². The van der Waals surface area contributed by atoms with E-state index in [0.29, 0.717) is 23.1 Å². The predicted molar refractivity (Wildman–Crippen MR) is 70.4 cm³/mol. The minimum absolute atomic E-state index is 0.488. The van der Waals surface area contributed by atoms with Crippen molar-refractivity contribution in [2.45, 2.75) is 20.0 Å². The molecule has 0 atom stereocenters. The first-order valence-electron chi connectivity index (χ1n) is 5.27. The fraction of sp³-hybridized carbons (Fsp3) is 0.250. The maximum atomic E-state index is 6.11. The number of halogens is 2. The lowest BCUT2D eigenvalue weighted by Gasteiger charge is -2.06. The summed E-state index contributed by atoms with van der Waals surface area (Å²) in [6, 6.07) is 5.47. The van der Waals surface area contributed by atoms with Gasteiger partial charge in [0.15, 0.2) is 0 Å². The lowest BCUT2D eigenvalue weighted by atomic mass is 10.2. The van der Waals surface area contributed by atoms with Crippen LogP contribution < -0.4 is 5.73 Å². The smallest absolute Gasteiger partial charge is 0.0688 e. The SMILES string of the molecule is Cc1nn(Cc2c(Cl)cccc2Cl)cc1CN. The molecule has 0 unspecified atom stereocenters. The van der Waals surface area contributed by atoms with Crippen molar-refractivity contribution in [1.29, 1.82) is 0 Å². The molecule has 17 heavy (non-hydrogen) atoms. The van der Waals surface area contributed by atoms with E-state index < -0.39 is 0 Å². The lowest BCUT2D eigenvalue weighted by Crippen LogP contribution is -2.02. The Labute approximate surface area is 110 Å². The first-order valence-corrected chi connectivity index (χ1v) is 6.03. The maximum absolute atomic E-state index is 6.11. The average Bonchev–Trinajstić information content (AvgIpc) is 2.64.